The van der Waals surface area contributed by atoms with Crippen LogP contribution in [0.2, 0.25) is 0 Å². The Kier molecular flexibility index (Phi) is 3.48. The molecular weight excluding hydrogens is 294 g/mol. The van der Waals surface area contributed by atoms with Crippen molar-refractivity contribution in [1.29, 1.82) is 0 Å². The molecule has 6 heteroatoms. The number of piperazine rings is 1. The van der Waals surface area contributed by atoms with Crippen LogP contribution in [-0.2, 0) is 0 Å². The summed E-state index contributed by atoms with van der Waals surface area (Å²) < 4.78 is 4.60. The number of fused-ring (bicyclic) bond motifs is 1. The third-order valence-electron chi connectivity index (χ3n) is 4.09. The van der Waals surface area contributed by atoms with E-state index in [1.54, 1.807) is 17.7 Å². The van der Waals surface area contributed by atoms with Gasteiger partial charge in [-0.3, -0.25) is 9.97 Å². The van der Waals surface area contributed by atoms with Gasteiger partial charge in [-0.25, -0.2) is 0 Å². The second-order valence-corrected chi connectivity index (χ2v) is 6.36. The highest BCUT2D eigenvalue weighted by Gasteiger charge is 2.19. The maximum Gasteiger partial charge on any atom is 0.138 e. The van der Waals surface area contributed by atoms with Gasteiger partial charge in [0.1, 0.15) is 16.0 Å². The molecule has 0 radical (unpaired) electrons. The van der Waals surface area contributed by atoms with Gasteiger partial charge in [0.05, 0.1) is 0 Å². The summed E-state index contributed by atoms with van der Waals surface area (Å²) in [5, 5.41) is 1.20. The zero-order chi connectivity index (χ0) is 14.9. The molecule has 0 unspecified atom stereocenters. The first-order valence-corrected chi connectivity index (χ1v) is 8.18. The molecule has 3 aromatic heterocycles. The van der Waals surface area contributed by atoms with Crippen LogP contribution in [0.1, 0.15) is 0 Å². The van der Waals surface area contributed by atoms with E-state index in [2.05, 4.69) is 37.3 Å². The van der Waals surface area contributed by atoms with Crippen LogP contribution < -0.4 is 4.90 Å². The minimum Gasteiger partial charge on any atom is -0.358 e. The first-order valence-electron chi connectivity index (χ1n) is 7.40. The molecule has 1 aliphatic heterocycles. The van der Waals surface area contributed by atoms with Crippen LogP contribution in [0.4, 0.5) is 5.00 Å². The lowest BCUT2D eigenvalue weighted by Crippen LogP contribution is -2.44. The highest BCUT2D eigenvalue weighted by molar-refractivity contribution is 7.11. The summed E-state index contributed by atoms with van der Waals surface area (Å²) in [7, 11) is 2.17. The number of pyridine rings is 2. The molecule has 4 rings (SSSR count). The summed E-state index contributed by atoms with van der Waals surface area (Å²) in [5.41, 5.74) is 4.13. The smallest absolute Gasteiger partial charge is 0.138 e. The molecule has 0 amide bonds. The van der Waals surface area contributed by atoms with E-state index in [4.69, 9.17) is 0 Å². The second kappa shape index (κ2) is 5.62. The maximum absolute atomic E-state index is 4.68. The van der Waals surface area contributed by atoms with Gasteiger partial charge in [0.15, 0.2) is 0 Å². The van der Waals surface area contributed by atoms with Gasteiger partial charge in [-0.05, 0) is 30.7 Å². The largest absolute Gasteiger partial charge is 0.358 e. The van der Waals surface area contributed by atoms with Gasteiger partial charge >= 0.3 is 0 Å². The van der Waals surface area contributed by atoms with E-state index < -0.39 is 0 Å². The van der Waals surface area contributed by atoms with E-state index in [1.165, 1.54) is 5.00 Å². The van der Waals surface area contributed by atoms with E-state index >= 15 is 0 Å². The molecule has 3 aromatic rings. The molecule has 112 valence electrons. The Balaban J connectivity index is 1.69. The molecule has 0 bridgehead atoms. The fourth-order valence-electron chi connectivity index (χ4n) is 2.73. The summed E-state index contributed by atoms with van der Waals surface area (Å²) in [6.07, 6.45) is 5.56. The molecule has 0 aliphatic carbocycles. The Labute approximate surface area is 133 Å². The van der Waals surface area contributed by atoms with Crippen LogP contribution in [0, 0.1) is 0 Å². The lowest BCUT2D eigenvalue weighted by atomic mass is 10.1. The van der Waals surface area contributed by atoms with E-state index in [9.17, 15) is 0 Å². The minimum absolute atomic E-state index is 0.972. The average molecular weight is 311 g/mol. The van der Waals surface area contributed by atoms with Crippen molar-refractivity contribution in [2.24, 2.45) is 0 Å². The van der Waals surface area contributed by atoms with Gasteiger partial charge in [0.25, 0.3) is 0 Å². The molecule has 0 saturated carbocycles. The van der Waals surface area contributed by atoms with Gasteiger partial charge < -0.3 is 9.80 Å². The Bertz CT molecular complexity index is 778. The topological polar surface area (TPSA) is 45.2 Å². The van der Waals surface area contributed by atoms with E-state index in [0.717, 1.165) is 48.3 Å². The molecule has 0 aromatic carbocycles. The highest BCUT2D eigenvalue weighted by Crippen LogP contribution is 2.32. The summed E-state index contributed by atoms with van der Waals surface area (Å²) >= 11 is 1.55. The van der Waals surface area contributed by atoms with Gasteiger partial charge in [0.2, 0.25) is 0 Å². The SMILES string of the molecule is CN1CCN(c2snc3cc(-c4cccnc4)cnc23)CC1. The fourth-order valence-corrected chi connectivity index (χ4v) is 3.60. The number of likely N-dealkylation sites (N-methyl/N-ethyl adjacent to an activating group) is 1. The molecule has 0 atom stereocenters. The Hall–Kier alpha value is -2.05. The first-order chi connectivity index (χ1) is 10.8. The quantitative estimate of drug-likeness (QED) is 0.727. The lowest BCUT2D eigenvalue weighted by molar-refractivity contribution is 0.313. The minimum atomic E-state index is 0.972. The number of anilines is 1. The summed E-state index contributed by atoms with van der Waals surface area (Å²) in [5.74, 6) is 0. The van der Waals surface area contributed by atoms with Gasteiger partial charge in [-0.15, -0.1) is 0 Å². The third-order valence-corrected chi connectivity index (χ3v) is 5.00. The van der Waals surface area contributed by atoms with Gasteiger partial charge in [-0.1, -0.05) is 6.07 Å². The maximum atomic E-state index is 4.68. The predicted molar refractivity (Wildman–Crippen MR) is 90.4 cm³/mol. The van der Waals surface area contributed by atoms with Crippen LogP contribution in [0.3, 0.4) is 0 Å². The van der Waals surface area contributed by atoms with E-state index in [-0.39, 0.29) is 0 Å². The van der Waals surface area contributed by atoms with Crippen molar-refractivity contribution in [1.82, 2.24) is 19.2 Å². The van der Waals surface area contributed by atoms with Crippen molar-refractivity contribution in [3.63, 3.8) is 0 Å². The van der Waals surface area contributed by atoms with Crippen molar-refractivity contribution in [3.05, 3.63) is 36.8 Å². The van der Waals surface area contributed by atoms with Crippen LogP contribution in [-0.4, -0.2) is 52.5 Å². The lowest BCUT2D eigenvalue weighted by Gasteiger charge is -2.32. The normalized spacial score (nSPS) is 16.3. The zero-order valence-corrected chi connectivity index (χ0v) is 13.3. The van der Waals surface area contributed by atoms with Crippen LogP contribution in [0.5, 0.6) is 0 Å². The number of aromatic nitrogens is 3. The van der Waals surface area contributed by atoms with Crippen molar-refractivity contribution in [2.45, 2.75) is 0 Å². The first kappa shape index (κ1) is 13.6. The molecule has 22 heavy (non-hydrogen) atoms. The van der Waals surface area contributed by atoms with E-state index in [0.29, 0.717) is 0 Å². The fraction of sp³-hybridized carbons (Fsp3) is 0.312. The van der Waals surface area contributed by atoms with E-state index in [1.807, 2.05) is 24.5 Å². The third kappa shape index (κ3) is 2.44. The van der Waals surface area contributed by atoms with Gasteiger partial charge in [0, 0.05) is 55.9 Å². The number of hydrogen-bond acceptors (Lipinski definition) is 6. The molecule has 1 saturated heterocycles. The van der Waals surface area contributed by atoms with Crippen LogP contribution >= 0.6 is 11.5 Å². The monoisotopic (exact) mass is 311 g/mol. The molecule has 0 spiro atoms. The van der Waals surface area contributed by atoms with Crippen LogP contribution in [0.25, 0.3) is 22.2 Å². The number of hydrogen-bond donors (Lipinski definition) is 0. The Morgan fingerprint density at radius 2 is 1.95 bits per heavy atom. The Morgan fingerprint density at radius 1 is 1.09 bits per heavy atom. The standard InChI is InChI=1S/C16H17N5S/c1-20-5-7-21(8-6-20)16-15-14(19-22-16)9-13(11-18-15)12-3-2-4-17-10-12/h2-4,9-11H,5-8H2,1H3. The van der Waals surface area contributed by atoms with Crippen molar-refractivity contribution >= 4 is 27.6 Å². The highest BCUT2D eigenvalue weighted by atomic mass is 32.1. The molecule has 1 fully saturated rings. The van der Waals surface area contributed by atoms with Crippen molar-refractivity contribution in [2.75, 3.05) is 38.1 Å². The molecular formula is C16H17N5S. The molecule has 0 N–H and O–H groups in total. The number of nitrogens with zero attached hydrogens (tertiary/aromatic N) is 5. The summed E-state index contributed by atoms with van der Waals surface area (Å²) in [6.45, 7) is 4.26. The molecule has 1 aliphatic rings. The second-order valence-electron chi connectivity index (χ2n) is 5.61. The Morgan fingerprint density at radius 3 is 2.73 bits per heavy atom. The number of rotatable bonds is 2. The molecule has 5 nitrogen and oxygen atoms in total. The summed E-state index contributed by atoms with van der Waals surface area (Å²) in [6, 6.07) is 6.09. The zero-order valence-electron chi connectivity index (χ0n) is 12.4. The van der Waals surface area contributed by atoms with Crippen LogP contribution in [0.15, 0.2) is 36.8 Å². The average Bonchev–Trinajstić information content (AvgIpc) is 2.99. The molecule has 4 heterocycles. The summed E-state index contributed by atoms with van der Waals surface area (Å²) in [4.78, 5) is 13.6. The van der Waals surface area contributed by atoms with Gasteiger partial charge in [-0.2, -0.15) is 4.37 Å². The van der Waals surface area contributed by atoms with Crippen molar-refractivity contribution in [3.8, 4) is 11.1 Å². The van der Waals surface area contributed by atoms with Crippen molar-refractivity contribution < 1.29 is 0 Å². The predicted octanol–water partition coefficient (Wildman–Crippen LogP) is 2.51.